The predicted molar refractivity (Wildman–Crippen MR) is 79.1 cm³/mol. The van der Waals surface area contributed by atoms with E-state index in [9.17, 15) is 5.11 Å². The molecule has 1 N–H and O–H groups in total. The molecular weight excluding hydrogens is 256 g/mol. The van der Waals surface area contributed by atoms with E-state index in [1.165, 1.54) is 24.1 Å². The van der Waals surface area contributed by atoms with Crippen LogP contribution >= 0.6 is 11.3 Å². The number of para-hydroxylation sites is 1. The maximum absolute atomic E-state index is 9.64. The lowest BCUT2D eigenvalue weighted by Crippen LogP contribution is -2.17. The molecule has 2 aromatic rings. The summed E-state index contributed by atoms with van der Waals surface area (Å²) in [6, 6.07) is 8.56. The third-order valence-corrected chi connectivity index (χ3v) is 4.70. The topological polar surface area (TPSA) is 36.4 Å². The Kier molecular flexibility index (Phi) is 3.53. The first-order valence-electron chi connectivity index (χ1n) is 6.75. The van der Waals surface area contributed by atoms with Crippen molar-refractivity contribution in [2.24, 2.45) is 0 Å². The Hall–Kier alpha value is -1.39. The zero-order chi connectivity index (χ0) is 13.2. The molecule has 2 heterocycles. The van der Waals surface area contributed by atoms with E-state index in [1.54, 1.807) is 24.5 Å². The number of hydrogen-bond acceptors (Lipinski definition) is 4. The molecule has 0 spiro atoms. The minimum Gasteiger partial charge on any atom is -0.388 e. The van der Waals surface area contributed by atoms with Gasteiger partial charge in [-0.15, -0.1) is 0 Å². The van der Waals surface area contributed by atoms with Crippen molar-refractivity contribution in [3.8, 4) is 0 Å². The largest absolute Gasteiger partial charge is 0.388 e. The molecule has 4 heteroatoms. The van der Waals surface area contributed by atoms with E-state index >= 15 is 0 Å². The van der Waals surface area contributed by atoms with Gasteiger partial charge in [-0.05, 0) is 37.8 Å². The zero-order valence-corrected chi connectivity index (χ0v) is 11.9. The van der Waals surface area contributed by atoms with Gasteiger partial charge in [0.1, 0.15) is 0 Å². The summed E-state index contributed by atoms with van der Waals surface area (Å²) in [6.07, 6.45) is 4.90. The summed E-state index contributed by atoms with van der Waals surface area (Å²) in [6.45, 7) is 2.79. The molecule has 0 radical (unpaired) electrons. The number of aryl methyl sites for hydroxylation is 1. The van der Waals surface area contributed by atoms with Gasteiger partial charge in [-0.2, -0.15) is 0 Å². The number of fused-ring (bicyclic) bond motifs is 1. The van der Waals surface area contributed by atoms with Crippen molar-refractivity contribution in [1.82, 2.24) is 4.98 Å². The molecule has 0 bridgehead atoms. The Labute approximate surface area is 117 Å². The molecule has 0 saturated heterocycles. The normalized spacial score (nSPS) is 16.8. The summed E-state index contributed by atoms with van der Waals surface area (Å²) >= 11 is 1.59. The number of aromatic nitrogens is 1. The minimum absolute atomic E-state index is 0.437. The van der Waals surface area contributed by atoms with E-state index in [-0.39, 0.29) is 0 Å². The summed E-state index contributed by atoms with van der Waals surface area (Å²) < 4.78 is 0. The van der Waals surface area contributed by atoms with Gasteiger partial charge in [0.25, 0.3) is 0 Å². The standard InChI is InChI=1S/C15H18N2OS/c1-11(18)14-10-16-15(19-14)17-9-5-4-7-12-6-2-3-8-13(12)17/h2-3,6,8,10-11,18H,4-5,7,9H2,1H3. The van der Waals surface area contributed by atoms with Crippen LogP contribution in [0.1, 0.15) is 36.3 Å². The molecule has 1 atom stereocenters. The van der Waals surface area contributed by atoms with E-state index in [0.29, 0.717) is 0 Å². The van der Waals surface area contributed by atoms with E-state index in [0.717, 1.165) is 23.0 Å². The minimum atomic E-state index is -0.437. The zero-order valence-electron chi connectivity index (χ0n) is 11.0. The molecule has 0 saturated carbocycles. The molecule has 0 aliphatic carbocycles. The molecule has 1 unspecified atom stereocenters. The van der Waals surface area contributed by atoms with Crippen LogP contribution in [-0.2, 0) is 6.42 Å². The van der Waals surface area contributed by atoms with Gasteiger partial charge < -0.3 is 10.0 Å². The SMILES string of the molecule is CC(O)c1cnc(N2CCCCc3ccccc32)s1. The monoisotopic (exact) mass is 274 g/mol. The summed E-state index contributed by atoms with van der Waals surface area (Å²) in [4.78, 5) is 7.70. The van der Waals surface area contributed by atoms with Crippen LogP contribution in [0.5, 0.6) is 0 Å². The first-order chi connectivity index (χ1) is 9.25. The number of anilines is 2. The Morgan fingerprint density at radius 1 is 1.32 bits per heavy atom. The predicted octanol–water partition coefficient (Wildman–Crippen LogP) is 3.67. The van der Waals surface area contributed by atoms with Crippen molar-refractivity contribution in [1.29, 1.82) is 0 Å². The molecule has 1 aliphatic heterocycles. The lowest BCUT2D eigenvalue weighted by molar-refractivity contribution is 0.203. The maximum atomic E-state index is 9.64. The van der Waals surface area contributed by atoms with E-state index in [2.05, 4.69) is 34.1 Å². The van der Waals surface area contributed by atoms with Crippen molar-refractivity contribution < 1.29 is 5.11 Å². The number of hydrogen-bond donors (Lipinski definition) is 1. The second kappa shape index (κ2) is 5.31. The highest BCUT2D eigenvalue weighted by molar-refractivity contribution is 7.15. The van der Waals surface area contributed by atoms with Crippen LogP contribution in [0.3, 0.4) is 0 Å². The van der Waals surface area contributed by atoms with Crippen molar-refractivity contribution in [2.75, 3.05) is 11.4 Å². The lowest BCUT2D eigenvalue weighted by atomic mass is 10.1. The van der Waals surface area contributed by atoms with Crippen molar-refractivity contribution in [3.05, 3.63) is 40.9 Å². The number of nitrogens with zero attached hydrogens (tertiary/aromatic N) is 2. The first kappa shape index (κ1) is 12.6. The third-order valence-electron chi connectivity index (χ3n) is 3.51. The first-order valence-corrected chi connectivity index (χ1v) is 7.56. The van der Waals surface area contributed by atoms with Crippen molar-refractivity contribution in [3.63, 3.8) is 0 Å². The third kappa shape index (κ3) is 2.51. The molecule has 1 aliphatic rings. The number of rotatable bonds is 2. The summed E-state index contributed by atoms with van der Waals surface area (Å²) in [5.74, 6) is 0. The van der Waals surface area contributed by atoms with Crippen LogP contribution in [0.15, 0.2) is 30.5 Å². The van der Waals surface area contributed by atoms with Gasteiger partial charge in [-0.1, -0.05) is 29.5 Å². The van der Waals surface area contributed by atoms with Crippen LogP contribution in [0.2, 0.25) is 0 Å². The fourth-order valence-corrected chi connectivity index (χ4v) is 3.38. The number of aliphatic hydroxyl groups is 1. The second-order valence-corrected chi connectivity index (χ2v) is 6.00. The van der Waals surface area contributed by atoms with Gasteiger partial charge in [0.05, 0.1) is 11.0 Å². The highest BCUT2D eigenvalue weighted by Gasteiger charge is 2.19. The average molecular weight is 274 g/mol. The van der Waals surface area contributed by atoms with E-state index in [4.69, 9.17) is 0 Å². The van der Waals surface area contributed by atoms with Gasteiger partial charge >= 0.3 is 0 Å². The smallest absolute Gasteiger partial charge is 0.190 e. The quantitative estimate of drug-likeness (QED) is 0.907. The van der Waals surface area contributed by atoms with E-state index < -0.39 is 6.10 Å². The van der Waals surface area contributed by atoms with Crippen LogP contribution in [0.4, 0.5) is 10.8 Å². The van der Waals surface area contributed by atoms with Crippen LogP contribution in [-0.4, -0.2) is 16.6 Å². The van der Waals surface area contributed by atoms with Gasteiger partial charge in [-0.25, -0.2) is 4.98 Å². The second-order valence-electron chi connectivity index (χ2n) is 4.96. The van der Waals surface area contributed by atoms with Crippen LogP contribution < -0.4 is 4.90 Å². The van der Waals surface area contributed by atoms with Crippen LogP contribution in [0.25, 0.3) is 0 Å². The molecule has 0 fully saturated rings. The molecule has 3 rings (SSSR count). The summed E-state index contributed by atoms with van der Waals surface area (Å²) in [7, 11) is 0. The maximum Gasteiger partial charge on any atom is 0.190 e. The van der Waals surface area contributed by atoms with Gasteiger partial charge in [0.15, 0.2) is 5.13 Å². The van der Waals surface area contributed by atoms with Crippen molar-refractivity contribution >= 4 is 22.2 Å². The Morgan fingerprint density at radius 2 is 2.16 bits per heavy atom. The van der Waals surface area contributed by atoms with Crippen molar-refractivity contribution in [2.45, 2.75) is 32.3 Å². The fourth-order valence-electron chi connectivity index (χ4n) is 2.48. The molecule has 0 amide bonds. The average Bonchev–Trinajstić information content (AvgIpc) is 2.80. The van der Waals surface area contributed by atoms with Crippen LogP contribution in [0, 0.1) is 0 Å². The summed E-state index contributed by atoms with van der Waals surface area (Å²) in [5, 5.41) is 10.6. The Bertz CT molecular complexity index is 565. The van der Waals surface area contributed by atoms with E-state index in [1.807, 2.05) is 0 Å². The van der Waals surface area contributed by atoms with Gasteiger partial charge in [0, 0.05) is 18.4 Å². The van der Waals surface area contributed by atoms with Gasteiger partial charge in [-0.3, -0.25) is 0 Å². The molecule has 1 aromatic heterocycles. The lowest BCUT2D eigenvalue weighted by Gasteiger charge is -2.21. The number of aliphatic hydroxyl groups excluding tert-OH is 1. The Balaban J connectivity index is 1.99. The number of benzene rings is 1. The highest BCUT2D eigenvalue weighted by Crippen LogP contribution is 2.36. The molecular formula is C15H18N2OS. The summed E-state index contributed by atoms with van der Waals surface area (Å²) in [5.41, 5.74) is 2.67. The molecule has 19 heavy (non-hydrogen) atoms. The fraction of sp³-hybridized carbons (Fsp3) is 0.400. The highest BCUT2D eigenvalue weighted by atomic mass is 32.1. The molecule has 100 valence electrons. The van der Waals surface area contributed by atoms with Gasteiger partial charge in [0.2, 0.25) is 0 Å². The Morgan fingerprint density at radius 3 is 2.95 bits per heavy atom. The molecule has 1 aromatic carbocycles. The number of thiazole rings is 1. The molecule has 3 nitrogen and oxygen atoms in total.